The Morgan fingerprint density at radius 2 is 2.29 bits per heavy atom. The monoisotopic (exact) mass is 320 g/mol. The molecule has 21 heavy (non-hydrogen) atoms. The molecule has 1 aromatic carbocycles. The maximum absolute atomic E-state index is 12.2. The van der Waals surface area contributed by atoms with Gasteiger partial charge in [-0.2, -0.15) is 0 Å². The van der Waals surface area contributed by atoms with Gasteiger partial charge in [0, 0.05) is 29.6 Å². The van der Waals surface area contributed by atoms with E-state index in [1.54, 1.807) is 28.4 Å². The van der Waals surface area contributed by atoms with Crippen LogP contribution in [0.3, 0.4) is 0 Å². The topological polar surface area (TPSA) is 33.2 Å². The Kier molecular flexibility index (Phi) is 5.53. The highest BCUT2D eigenvalue weighted by molar-refractivity contribution is 7.09. The highest BCUT2D eigenvalue weighted by Gasteiger charge is 2.09. The highest BCUT2D eigenvalue weighted by Crippen LogP contribution is 2.13. The Hall–Kier alpha value is -1.65. The third-order valence-corrected chi connectivity index (χ3v) is 4.02. The number of carbonyl (C=O) groups excluding carboxylic acids is 1. The Balaban J connectivity index is 2.03. The summed E-state index contributed by atoms with van der Waals surface area (Å²) in [7, 11) is 0. The highest BCUT2D eigenvalue weighted by atomic mass is 35.5. The first-order valence-corrected chi connectivity index (χ1v) is 7.98. The molecule has 0 radical (unpaired) electrons. The lowest BCUT2D eigenvalue weighted by molar-refractivity contribution is -0.126. The van der Waals surface area contributed by atoms with Crippen molar-refractivity contribution in [2.24, 2.45) is 0 Å². The van der Waals surface area contributed by atoms with Gasteiger partial charge in [0.15, 0.2) is 0 Å². The number of aromatic nitrogens is 1. The van der Waals surface area contributed by atoms with Crippen LogP contribution < -0.4 is 0 Å². The van der Waals surface area contributed by atoms with Crippen LogP contribution in [0.25, 0.3) is 6.08 Å². The molecule has 0 atom stereocenters. The van der Waals surface area contributed by atoms with E-state index < -0.39 is 0 Å². The first kappa shape index (κ1) is 15.7. The van der Waals surface area contributed by atoms with Crippen LogP contribution in [0, 0.1) is 6.92 Å². The Labute approximate surface area is 133 Å². The number of amides is 1. The van der Waals surface area contributed by atoms with Gasteiger partial charge < -0.3 is 4.90 Å². The van der Waals surface area contributed by atoms with E-state index in [2.05, 4.69) is 4.98 Å². The van der Waals surface area contributed by atoms with Gasteiger partial charge in [0.05, 0.1) is 10.7 Å². The van der Waals surface area contributed by atoms with Crippen LogP contribution in [0.4, 0.5) is 0 Å². The van der Waals surface area contributed by atoms with Crippen LogP contribution in [0.5, 0.6) is 0 Å². The molecular formula is C16H17ClN2OS. The van der Waals surface area contributed by atoms with Crippen LogP contribution in [-0.4, -0.2) is 22.3 Å². The third kappa shape index (κ3) is 4.69. The van der Waals surface area contributed by atoms with Gasteiger partial charge in [0.2, 0.25) is 5.91 Å². The SMILES string of the molecule is CCN(Cc1cccc(Cl)c1)C(=O)/C=C/c1csc(C)n1. The summed E-state index contributed by atoms with van der Waals surface area (Å²) in [6.07, 6.45) is 3.33. The zero-order chi connectivity index (χ0) is 15.2. The molecule has 0 bridgehead atoms. The smallest absolute Gasteiger partial charge is 0.246 e. The van der Waals surface area contributed by atoms with Crippen LogP contribution in [0.15, 0.2) is 35.7 Å². The van der Waals surface area contributed by atoms with E-state index in [0.29, 0.717) is 18.1 Å². The first-order valence-electron chi connectivity index (χ1n) is 6.72. The molecule has 0 saturated heterocycles. The fraction of sp³-hybridized carbons (Fsp3) is 0.250. The lowest BCUT2D eigenvalue weighted by atomic mass is 10.2. The number of benzene rings is 1. The van der Waals surface area contributed by atoms with Gasteiger partial charge in [-0.25, -0.2) is 4.98 Å². The van der Waals surface area contributed by atoms with Crippen molar-refractivity contribution in [1.29, 1.82) is 0 Å². The Morgan fingerprint density at radius 1 is 1.48 bits per heavy atom. The molecule has 110 valence electrons. The standard InChI is InChI=1S/C16H17ClN2OS/c1-3-19(10-13-5-4-6-14(17)9-13)16(20)8-7-15-11-21-12(2)18-15/h4-9,11H,3,10H2,1-2H3/b8-7+. The Bertz CT molecular complexity index is 651. The van der Waals surface area contributed by atoms with Crippen LogP contribution in [-0.2, 0) is 11.3 Å². The molecule has 5 heteroatoms. The number of aryl methyl sites for hydroxylation is 1. The van der Waals surface area contributed by atoms with E-state index >= 15 is 0 Å². The third-order valence-electron chi connectivity index (χ3n) is 2.99. The zero-order valence-electron chi connectivity index (χ0n) is 12.0. The maximum Gasteiger partial charge on any atom is 0.246 e. The summed E-state index contributed by atoms with van der Waals surface area (Å²) in [6.45, 7) is 5.10. The van der Waals surface area contributed by atoms with Crippen molar-refractivity contribution in [3.8, 4) is 0 Å². The fourth-order valence-corrected chi connectivity index (χ4v) is 2.71. The zero-order valence-corrected chi connectivity index (χ0v) is 13.6. The predicted octanol–water partition coefficient (Wildman–Crippen LogP) is 4.17. The molecule has 3 nitrogen and oxygen atoms in total. The van der Waals surface area contributed by atoms with Gasteiger partial charge in [0.1, 0.15) is 0 Å². The van der Waals surface area contributed by atoms with Crippen molar-refractivity contribution < 1.29 is 4.79 Å². The summed E-state index contributed by atoms with van der Waals surface area (Å²) in [4.78, 5) is 18.3. The average molecular weight is 321 g/mol. The minimum Gasteiger partial charge on any atom is -0.335 e. The predicted molar refractivity (Wildman–Crippen MR) is 88.4 cm³/mol. The minimum atomic E-state index is -0.0249. The molecular weight excluding hydrogens is 304 g/mol. The number of hydrogen-bond acceptors (Lipinski definition) is 3. The second-order valence-electron chi connectivity index (χ2n) is 4.61. The van der Waals surface area contributed by atoms with E-state index in [1.165, 1.54) is 0 Å². The molecule has 0 aliphatic rings. The maximum atomic E-state index is 12.2. The van der Waals surface area contributed by atoms with E-state index in [4.69, 9.17) is 11.6 Å². The van der Waals surface area contributed by atoms with Crippen molar-refractivity contribution >= 4 is 34.9 Å². The number of carbonyl (C=O) groups is 1. The van der Waals surface area contributed by atoms with Gasteiger partial charge >= 0.3 is 0 Å². The average Bonchev–Trinajstić information content (AvgIpc) is 2.88. The molecule has 2 rings (SSSR count). The van der Waals surface area contributed by atoms with Crippen LogP contribution in [0.2, 0.25) is 5.02 Å². The molecule has 0 saturated carbocycles. The molecule has 0 unspecified atom stereocenters. The molecule has 1 heterocycles. The summed E-state index contributed by atoms with van der Waals surface area (Å²) in [5.41, 5.74) is 1.85. The first-order chi connectivity index (χ1) is 10.1. The second kappa shape index (κ2) is 7.38. The number of halogens is 1. The van der Waals surface area contributed by atoms with Crippen molar-refractivity contribution in [2.75, 3.05) is 6.54 Å². The van der Waals surface area contributed by atoms with Crippen LogP contribution >= 0.6 is 22.9 Å². The molecule has 0 aliphatic carbocycles. The van der Waals surface area contributed by atoms with Gasteiger partial charge in [-0.05, 0) is 37.6 Å². The molecule has 0 N–H and O–H groups in total. The number of rotatable bonds is 5. The number of hydrogen-bond donors (Lipinski definition) is 0. The number of likely N-dealkylation sites (N-methyl/N-ethyl adjacent to an activating group) is 1. The lowest BCUT2D eigenvalue weighted by Crippen LogP contribution is -2.28. The van der Waals surface area contributed by atoms with E-state index in [9.17, 15) is 4.79 Å². The quantitative estimate of drug-likeness (QED) is 0.775. The molecule has 1 aromatic heterocycles. The summed E-state index contributed by atoms with van der Waals surface area (Å²) < 4.78 is 0. The normalized spacial score (nSPS) is 11.0. The largest absolute Gasteiger partial charge is 0.335 e. The lowest BCUT2D eigenvalue weighted by Gasteiger charge is -2.19. The molecule has 1 amide bonds. The van der Waals surface area contributed by atoms with Gasteiger partial charge in [-0.1, -0.05) is 23.7 Å². The fourth-order valence-electron chi connectivity index (χ4n) is 1.92. The van der Waals surface area contributed by atoms with Crippen molar-refractivity contribution in [3.63, 3.8) is 0 Å². The second-order valence-corrected chi connectivity index (χ2v) is 6.11. The summed E-state index contributed by atoms with van der Waals surface area (Å²) in [6, 6.07) is 7.57. The number of nitrogens with zero attached hydrogens (tertiary/aromatic N) is 2. The van der Waals surface area contributed by atoms with E-state index in [0.717, 1.165) is 16.3 Å². The van der Waals surface area contributed by atoms with Crippen molar-refractivity contribution in [1.82, 2.24) is 9.88 Å². The van der Waals surface area contributed by atoms with Gasteiger partial charge in [0.25, 0.3) is 0 Å². The molecule has 0 spiro atoms. The Morgan fingerprint density at radius 3 is 2.90 bits per heavy atom. The van der Waals surface area contributed by atoms with E-state index in [1.807, 2.05) is 43.5 Å². The molecule has 2 aromatic rings. The number of thiazole rings is 1. The van der Waals surface area contributed by atoms with Crippen LogP contribution in [0.1, 0.15) is 23.2 Å². The summed E-state index contributed by atoms with van der Waals surface area (Å²) in [5.74, 6) is -0.0249. The van der Waals surface area contributed by atoms with Gasteiger partial charge in [-0.15, -0.1) is 11.3 Å². The summed E-state index contributed by atoms with van der Waals surface area (Å²) in [5, 5.41) is 3.62. The van der Waals surface area contributed by atoms with Crippen molar-refractivity contribution in [2.45, 2.75) is 20.4 Å². The van der Waals surface area contributed by atoms with Crippen molar-refractivity contribution in [3.05, 3.63) is 57.0 Å². The van der Waals surface area contributed by atoms with Gasteiger partial charge in [-0.3, -0.25) is 4.79 Å². The van der Waals surface area contributed by atoms with E-state index in [-0.39, 0.29) is 5.91 Å². The molecule has 0 fully saturated rings. The summed E-state index contributed by atoms with van der Waals surface area (Å²) >= 11 is 7.54. The minimum absolute atomic E-state index is 0.0249. The molecule has 0 aliphatic heterocycles.